The van der Waals surface area contributed by atoms with Gasteiger partial charge in [-0.25, -0.2) is 0 Å². The van der Waals surface area contributed by atoms with E-state index in [-0.39, 0.29) is 18.8 Å². The normalized spacial score (nSPS) is 14.1. The molecular formula is C15H16N2O4. The number of aliphatic hydroxyl groups is 1. The predicted octanol–water partition coefficient (Wildman–Crippen LogP) is 0.908. The van der Waals surface area contributed by atoms with Crippen LogP contribution in [0, 0.1) is 0 Å². The number of hydrogen-bond donors (Lipinski definition) is 2. The number of carbonyl (C=O) groups excluding carboxylic acids is 2. The molecule has 1 heterocycles. The molecule has 1 aliphatic heterocycles. The Morgan fingerprint density at radius 2 is 2.00 bits per heavy atom. The van der Waals surface area contributed by atoms with E-state index in [0.717, 1.165) is 4.90 Å². The molecule has 1 aliphatic rings. The molecule has 2 rings (SSSR count). The number of hydrogen-bond acceptors (Lipinski definition) is 5. The van der Waals surface area contributed by atoms with Crippen LogP contribution in [0.1, 0.15) is 0 Å². The zero-order valence-corrected chi connectivity index (χ0v) is 11.4. The number of amides is 2. The molecule has 110 valence electrons. The van der Waals surface area contributed by atoms with E-state index in [1.165, 1.54) is 6.08 Å². The maximum atomic E-state index is 11.9. The van der Waals surface area contributed by atoms with Crippen molar-refractivity contribution in [1.29, 1.82) is 0 Å². The van der Waals surface area contributed by atoms with Crippen LogP contribution in [0.25, 0.3) is 0 Å². The quantitative estimate of drug-likeness (QED) is 0.576. The summed E-state index contributed by atoms with van der Waals surface area (Å²) >= 11 is 0. The molecular weight excluding hydrogens is 272 g/mol. The van der Waals surface area contributed by atoms with Crippen LogP contribution >= 0.6 is 0 Å². The van der Waals surface area contributed by atoms with Gasteiger partial charge in [-0.1, -0.05) is 12.7 Å². The zero-order valence-electron chi connectivity index (χ0n) is 11.4. The Bertz CT molecular complexity index is 578. The minimum Gasteiger partial charge on any atom is -0.490 e. The van der Waals surface area contributed by atoms with Gasteiger partial charge in [0.05, 0.1) is 13.2 Å². The molecule has 1 aromatic rings. The van der Waals surface area contributed by atoms with Gasteiger partial charge in [0.1, 0.15) is 18.1 Å². The molecule has 0 unspecified atom stereocenters. The summed E-state index contributed by atoms with van der Waals surface area (Å²) < 4.78 is 5.35. The highest BCUT2D eigenvalue weighted by Crippen LogP contribution is 2.20. The van der Waals surface area contributed by atoms with E-state index < -0.39 is 11.8 Å². The molecule has 0 radical (unpaired) electrons. The molecule has 0 spiro atoms. The first-order chi connectivity index (χ1) is 10.2. The van der Waals surface area contributed by atoms with Crippen LogP contribution in [-0.2, 0) is 9.59 Å². The Morgan fingerprint density at radius 1 is 1.29 bits per heavy atom. The van der Waals surface area contributed by atoms with Crippen LogP contribution in [0.2, 0.25) is 0 Å². The second kappa shape index (κ2) is 6.71. The van der Waals surface area contributed by atoms with Gasteiger partial charge in [-0.3, -0.25) is 14.5 Å². The molecule has 2 N–H and O–H groups in total. The number of rotatable bonds is 7. The molecule has 0 fully saturated rings. The van der Waals surface area contributed by atoms with Crippen molar-refractivity contribution in [3.05, 3.63) is 48.7 Å². The predicted molar refractivity (Wildman–Crippen MR) is 77.6 cm³/mol. The standard InChI is InChI=1S/C15H16N2O4/c1-2-9-21-12-5-3-11(4-6-12)16-13-10-14(19)17(7-8-18)15(13)20/h2-6,10,16,18H,1,7-9H2. The fourth-order valence-electron chi connectivity index (χ4n) is 1.86. The first-order valence-electron chi connectivity index (χ1n) is 6.45. The number of nitrogens with one attached hydrogen (secondary N) is 1. The Kier molecular flexibility index (Phi) is 4.73. The minimum atomic E-state index is -0.443. The Hall–Kier alpha value is -2.60. The lowest BCUT2D eigenvalue weighted by Gasteiger charge is -2.13. The fraction of sp³-hybridized carbons (Fsp3) is 0.200. The number of carbonyl (C=O) groups is 2. The lowest BCUT2D eigenvalue weighted by Crippen LogP contribution is -2.34. The summed E-state index contributed by atoms with van der Waals surface area (Å²) in [6, 6.07) is 6.98. The summed E-state index contributed by atoms with van der Waals surface area (Å²) in [7, 11) is 0. The topological polar surface area (TPSA) is 78.9 Å². The maximum absolute atomic E-state index is 11.9. The molecule has 6 nitrogen and oxygen atoms in total. The van der Waals surface area contributed by atoms with Crippen molar-refractivity contribution in [2.45, 2.75) is 0 Å². The molecule has 0 atom stereocenters. The largest absolute Gasteiger partial charge is 0.490 e. The highest BCUT2D eigenvalue weighted by Gasteiger charge is 2.30. The van der Waals surface area contributed by atoms with E-state index in [9.17, 15) is 9.59 Å². The molecule has 0 aromatic heterocycles. The Morgan fingerprint density at radius 3 is 2.62 bits per heavy atom. The van der Waals surface area contributed by atoms with Crippen molar-refractivity contribution >= 4 is 17.5 Å². The van der Waals surface area contributed by atoms with Crippen LogP contribution in [0.4, 0.5) is 5.69 Å². The van der Waals surface area contributed by atoms with E-state index in [0.29, 0.717) is 18.0 Å². The number of benzene rings is 1. The first kappa shape index (κ1) is 14.8. The van der Waals surface area contributed by atoms with Crippen molar-refractivity contribution in [3.8, 4) is 5.75 Å². The molecule has 6 heteroatoms. The van der Waals surface area contributed by atoms with Crippen molar-refractivity contribution in [1.82, 2.24) is 4.90 Å². The average Bonchev–Trinajstić information content (AvgIpc) is 2.75. The van der Waals surface area contributed by atoms with E-state index in [4.69, 9.17) is 9.84 Å². The van der Waals surface area contributed by atoms with Crippen LogP contribution in [0.15, 0.2) is 48.7 Å². The summed E-state index contributed by atoms with van der Waals surface area (Å²) in [5.74, 6) is -0.186. The summed E-state index contributed by atoms with van der Waals surface area (Å²) in [4.78, 5) is 24.5. The summed E-state index contributed by atoms with van der Waals surface area (Å²) in [5.41, 5.74) is 0.854. The monoisotopic (exact) mass is 288 g/mol. The second-order valence-corrected chi connectivity index (χ2v) is 4.33. The summed E-state index contributed by atoms with van der Waals surface area (Å²) in [5, 5.41) is 11.7. The van der Waals surface area contributed by atoms with E-state index in [1.54, 1.807) is 30.3 Å². The van der Waals surface area contributed by atoms with Crippen molar-refractivity contribution in [3.63, 3.8) is 0 Å². The third kappa shape index (κ3) is 3.49. The molecule has 21 heavy (non-hydrogen) atoms. The van der Waals surface area contributed by atoms with Gasteiger partial charge >= 0.3 is 0 Å². The first-order valence-corrected chi connectivity index (χ1v) is 6.45. The van der Waals surface area contributed by atoms with Gasteiger partial charge in [0.2, 0.25) is 0 Å². The minimum absolute atomic E-state index is 0.00627. The van der Waals surface area contributed by atoms with Gasteiger partial charge in [0.15, 0.2) is 0 Å². The van der Waals surface area contributed by atoms with E-state index in [2.05, 4.69) is 11.9 Å². The van der Waals surface area contributed by atoms with Gasteiger partial charge in [0, 0.05) is 11.8 Å². The third-order valence-corrected chi connectivity index (χ3v) is 2.83. The Labute approximate surface area is 122 Å². The third-order valence-electron chi connectivity index (χ3n) is 2.83. The van der Waals surface area contributed by atoms with Gasteiger partial charge in [-0.2, -0.15) is 0 Å². The molecule has 0 aliphatic carbocycles. The van der Waals surface area contributed by atoms with E-state index >= 15 is 0 Å². The molecule has 2 amide bonds. The average molecular weight is 288 g/mol. The summed E-state index contributed by atoms with van der Waals surface area (Å²) in [6.07, 6.45) is 2.87. The Balaban J connectivity index is 2.02. The highest BCUT2D eigenvalue weighted by molar-refractivity contribution is 6.17. The van der Waals surface area contributed by atoms with Crippen LogP contribution < -0.4 is 10.1 Å². The van der Waals surface area contributed by atoms with Crippen molar-refractivity contribution in [2.75, 3.05) is 25.1 Å². The molecule has 0 saturated heterocycles. The number of β-amino-alcohol motifs (C(OH)–C–C–N with tert-alkyl or cyclic N) is 1. The SMILES string of the molecule is C=CCOc1ccc(NC2=CC(=O)N(CCO)C2=O)cc1. The van der Waals surface area contributed by atoms with Crippen molar-refractivity contribution < 1.29 is 19.4 Å². The maximum Gasteiger partial charge on any atom is 0.277 e. The lowest BCUT2D eigenvalue weighted by atomic mass is 10.3. The number of aliphatic hydroxyl groups excluding tert-OH is 1. The van der Waals surface area contributed by atoms with E-state index in [1.807, 2.05) is 0 Å². The highest BCUT2D eigenvalue weighted by atomic mass is 16.5. The number of imide groups is 1. The van der Waals surface area contributed by atoms with Gasteiger partial charge in [-0.15, -0.1) is 0 Å². The number of nitrogens with zero attached hydrogens (tertiary/aromatic N) is 1. The zero-order chi connectivity index (χ0) is 15.2. The number of anilines is 1. The molecule has 1 aromatic carbocycles. The molecule has 0 bridgehead atoms. The van der Waals surface area contributed by atoms with Gasteiger partial charge < -0.3 is 15.2 Å². The smallest absolute Gasteiger partial charge is 0.277 e. The fourth-order valence-corrected chi connectivity index (χ4v) is 1.86. The lowest BCUT2D eigenvalue weighted by molar-refractivity contribution is -0.137. The van der Waals surface area contributed by atoms with Crippen LogP contribution in [0.3, 0.4) is 0 Å². The van der Waals surface area contributed by atoms with Crippen LogP contribution in [-0.4, -0.2) is 41.6 Å². The van der Waals surface area contributed by atoms with Crippen LogP contribution in [0.5, 0.6) is 5.75 Å². The number of ether oxygens (including phenoxy) is 1. The van der Waals surface area contributed by atoms with Crippen molar-refractivity contribution in [2.24, 2.45) is 0 Å². The second-order valence-electron chi connectivity index (χ2n) is 4.33. The summed E-state index contributed by atoms with van der Waals surface area (Å²) in [6.45, 7) is 3.72. The van der Waals surface area contributed by atoms with Gasteiger partial charge in [0.25, 0.3) is 11.8 Å². The molecule has 0 saturated carbocycles. The van der Waals surface area contributed by atoms with Gasteiger partial charge in [-0.05, 0) is 24.3 Å².